The molecule has 134 valence electrons. The van der Waals surface area contributed by atoms with Crippen molar-refractivity contribution >= 4 is 40.5 Å². The van der Waals surface area contributed by atoms with E-state index in [4.69, 9.17) is 23.9 Å². The van der Waals surface area contributed by atoms with Crippen LogP contribution in [0.4, 0.5) is 0 Å². The first-order chi connectivity index (χ1) is 9.83. The lowest BCUT2D eigenvalue weighted by Gasteiger charge is -2.32. The van der Waals surface area contributed by atoms with E-state index in [0.717, 1.165) is 0 Å². The van der Waals surface area contributed by atoms with Crippen LogP contribution in [0.25, 0.3) is 0 Å². The van der Waals surface area contributed by atoms with Crippen molar-refractivity contribution < 1.29 is 51.9 Å². The van der Waals surface area contributed by atoms with Crippen LogP contribution in [-0.4, -0.2) is 60.0 Å². The fraction of sp³-hybridized carbons (Fsp3) is 0.333. The number of nitrogens with two attached hydrogens (primary N) is 1. The second-order valence-electron chi connectivity index (χ2n) is 4.22. The summed E-state index contributed by atoms with van der Waals surface area (Å²) in [6.07, 6.45) is -0.955. The van der Waals surface area contributed by atoms with Gasteiger partial charge >= 0.3 is 0 Å². The van der Waals surface area contributed by atoms with Gasteiger partial charge in [-0.1, -0.05) is 0 Å². The molecule has 0 fully saturated rings. The van der Waals surface area contributed by atoms with Crippen molar-refractivity contribution in [1.29, 1.82) is 0 Å². The summed E-state index contributed by atoms with van der Waals surface area (Å²) in [5.74, 6) is 0. The van der Waals surface area contributed by atoms with E-state index in [1.807, 2.05) is 0 Å². The van der Waals surface area contributed by atoms with E-state index < -0.39 is 54.3 Å². The van der Waals surface area contributed by atoms with Crippen molar-refractivity contribution in [2.45, 2.75) is 8.16 Å². The SMILES string of the molecule is NC1=CC(S(=O)(=O)O)(S(=O)(=O)O)C=CC1(S(=O)(=O)O)S(=O)(=O)O. The molecule has 13 nitrogen and oxygen atoms in total. The molecule has 0 aromatic rings. The standard InChI is InChI=1S/C6H9NO12S4/c7-4-3-5(20(8,9)10,21(11,12)13)1-2-6(4,22(14,15)16)23(17,18)19/h1-3H,7H2,(H,8,9,10)(H,11,12,13)(H,14,15,16)(H,17,18,19). The summed E-state index contributed by atoms with van der Waals surface area (Å²) >= 11 is 0. The second kappa shape index (κ2) is 4.96. The molecule has 23 heavy (non-hydrogen) atoms. The van der Waals surface area contributed by atoms with Gasteiger partial charge in [0.25, 0.3) is 48.6 Å². The van der Waals surface area contributed by atoms with E-state index in [1.165, 1.54) is 0 Å². The Labute approximate surface area is 130 Å². The molecule has 0 radical (unpaired) electrons. The Morgan fingerprint density at radius 1 is 0.696 bits per heavy atom. The minimum absolute atomic E-state index is 0.282. The molecule has 1 rings (SSSR count). The fourth-order valence-electron chi connectivity index (χ4n) is 1.74. The largest absolute Gasteiger partial charge is 0.400 e. The molecule has 1 aliphatic rings. The molecule has 6 N–H and O–H groups in total. The van der Waals surface area contributed by atoms with E-state index in [-0.39, 0.29) is 18.2 Å². The summed E-state index contributed by atoms with van der Waals surface area (Å²) in [5.41, 5.74) is 3.31. The Balaban J connectivity index is 4.06. The minimum atomic E-state index is -5.81. The average Bonchev–Trinajstić information content (AvgIpc) is 2.21. The number of hydrogen-bond donors (Lipinski definition) is 5. The quantitative estimate of drug-likeness (QED) is 0.233. The van der Waals surface area contributed by atoms with Crippen LogP contribution in [0.1, 0.15) is 0 Å². The molecule has 0 amide bonds. The van der Waals surface area contributed by atoms with E-state index in [2.05, 4.69) is 0 Å². The molecule has 0 saturated carbocycles. The molecule has 1 aliphatic carbocycles. The lowest BCUT2D eigenvalue weighted by atomic mass is 10.1. The third-order valence-electron chi connectivity index (χ3n) is 2.87. The molecular weight excluding hydrogens is 406 g/mol. The molecule has 0 atom stereocenters. The monoisotopic (exact) mass is 415 g/mol. The Morgan fingerprint density at radius 2 is 1.04 bits per heavy atom. The Kier molecular flexibility index (Phi) is 4.30. The number of rotatable bonds is 4. The minimum Gasteiger partial charge on any atom is -0.400 e. The highest BCUT2D eigenvalue weighted by Gasteiger charge is 2.62. The molecule has 17 heteroatoms. The summed E-state index contributed by atoms with van der Waals surface area (Å²) in [4.78, 5) is 0. The normalized spacial score (nSPS) is 21.7. The van der Waals surface area contributed by atoms with Gasteiger partial charge in [0.2, 0.25) is 0 Å². The highest BCUT2D eigenvalue weighted by Crippen LogP contribution is 2.40. The zero-order chi connectivity index (χ0) is 18.7. The van der Waals surface area contributed by atoms with Crippen molar-refractivity contribution in [3.05, 3.63) is 23.9 Å². The van der Waals surface area contributed by atoms with Crippen LogP contribution in [0.15, 0.2) is 23.9 Å². The van der Waals surface area contributed by atoms with Gasteiger partial charge in [0, 0.05) is 0 Å². The molecule has 0 aliphatic heterocycles. The van der Waals surface area contributed by atoms with Crippen LogP contribution in [0.2, 0.25) is 0 Å². The van der Waals surface area contributed by atoms with Gasteiger partial charge in [-0.05, 0) is 18.2 Å². The lowest BCUT2D eigenvalue weighted by Crippen LogP contribution is -2.54. The maximum atomic E-state index is 11.3. The van der Waals surface area contributed by atoms with Gasteiger partial charge in [0.05, 0.1) is 5.70 Å². The Bertz CT molecular complexity index is 945. The van der Waals surface area contributed by atoms with E-state index in [1.54, 1.807) is 0 Å². The Hall–Kier alpha value is -1.08. The molecule has 0 aromatic heterocycles. The maximum absolute atomic E-state index is 11.3. The Morgan fingerprint density at radius 3 is 1.26 bits per heavy atom. The van der Waals surface area contributed by atoms with Crippen LogP contribution < -0.4 is 5.73 Å². The lowest BCUT2D eigenvalue weighted by molar-refractivity contribution is 0.435. The highest BCUT2D eigenvalue weighted by atomic mass is 32.3. The fourth-order valence-corrected chi connectivity index (χ4v) is 6.10. The summed E-state index contributed by atoms with van der Waals surface area (Å²) in [6, 6.07) is 0. The van der Waals surface area contributed by atoms with Gasteiger partial charge in [-0.2, -0.15) is 33.7 Å². The van der Waals surface area contributed by atoms with Crippen LogP contribution in [-0.2, 0) is 40.5 Å². The second-order valence-corrected chi connectivity index (χ2v) is 11.2. The van der Waals surface area contributed by atoms with Gasteiger partial charge in [-0.15, -0.1) is 0 Å². The number of hydrogen-bond acceptors (Lipinski definition) is 9. The van der Waals surface area contributed by atoms with Gasteiger partial charge in [-0.3, -0.25) is 18.2 Å². The molecule has 0 unspecified atom stereocenters. The topological polar surface area (TPSA) is 243 Å². The van der Waals surface area contributed by atoms with E-state index in [0.29, 0.717) is 0 Å². The van der Waals surface area contributed by atoms with Gasteiger partial charge in [-0.25, -0.2) is 0 Å². The summed E-state index contributed by atoms with van der Waals surface area (Å²) in [7, 11) is -23.1. The predicted molar refractivity (Wildman–Crippen MR) is 73.1 cm³/mol. The zero-order valence-electron chi connectivity index (χ0n) is 10.5. The van der Waals surface area contributed by atoms with Gasteiger partial charge < -0.3 is 5.73 Å². The van der Waals surface area contributed by atoms with Gasteiger partial charge in [0.1, 0.15) is 0 Å². The van der Waals surface area contributed by atoms with Crippen LogP contribution in [0.3, 0.4) is 0 Å². The highest BCUT2D eigenvalue weighted by molar-refractivity contribution is 8.06. The van der Waals surface area contributed by atoms with E-state index in [9.17, 15) is 33.7 Å². The first-order valence-corrected chi connectivity index (χ1v) is 10.7. The van der Waals surface area contributed by atoms with Crippen LogP contribution in [0, 0.1) is 0 Å². The molecule has 0 aromatic carbocycles. The summed E-state index contributed by atoms with van der Waals surface area (Å²) in [6.45, 7) is 0. The molecule has 0 heterocycles. The summed E-state index contributed by atoms with van der Waals surface area (Å²) in [5, 5.41) is 0. The molecule has 0 bridgehead atoms. The smallest absolute Gasteiger partial charge is 0.297 e. The first-order valence-electron chi connectivity index (χ1n) is 4.91. The van der Waals surface area contributed by atoms with Crippen molar-refractivity contribution in [1.82, 2.24) is 0 Å². The van der Waals surface area contributed by atoms with Crippen molar-refractivity contribution in [3.63, 3.8) is 0 Å². The average molecular weight is 415 g/mol. The third kappa shape index (κ3) is 2.67. The van der Waals surface area contributed by atoms with Crippen molar-refractivity contribution in [2.75, 3.05) is 0 Å². The van der Waals surface area contributed by atoms with Crippen molar-refractivity contribution in [3.8, 4) is 0 Å². The van der Waals surface area contributed by atoms with E-state index >= 15 is 0 Å². The summed E-state index contributed by atoms with van der Waals surface area (Å²) < 4.78 is 119. The van der Waals surface area contributed by atoms with Gasteiger partial charge in [0.15, 0.2) is 0 Å². The van der Waals surface area contributed by atoms with Crippen LogP contribution >= 0.6 is 0 Å². The third-order valence-corrected chi connectivity index (χ3v) is 9.79. The molecule has 0 spiro atoms. The maximum Gasteiger partial charge on any atom is 0.297 e. The van der Waals surface area contributed by atoms with Crippen LogP contribution in [0.5, 0.6) is 0 Å². The predicted octanol–water partition coefficient (Wildman–Crippen LogP) is -2.66. The van der Waals surface area contributed by atoms with Crippen molar-refractivity contribution in [2.24, 2.45) is 5.73 Å². The molecular formula is C6H9NO12S4. The zero-order valence-corrected chi connectivity index (χ0v) is 13.8. The first kappa shape index (κ1) is 20.0. The molecule has 0 saturated heterocycles.